The highest BCUT2D eigenvalue weighted by atomic mass is 32.2. The van der Waals surface area contributed by atoms with E-state index in [4.69, 9.17) is 5.73 Å². The van der Waals surface area contributed by atoms with Crippen LogP contribution in [0, 0.1) is 12.7 Å². The van der Waals surface area contributed by atoms with Gasteiger partial charge in [-0.3, -0.25) is 4.79 Å². The fourth-order valence-electron chi connectivity index (χ4n) is 1.51. The second-order valence-electron chi connectivity index (χ2n) is 3.75. The zero-order valence-electron chi connectivity index (χ0n) is 9.74. The van der Waals surface area contributed by atoms with Gasteiger partial charge in [0.15, 0.2) is 5.16 Å². The predicted octanol–water partition coefficient (Wildman–Crippen LogP) is 1.83. The fourth-order valence-corrected chi connectivity index (χ4v) is 2.47. The molecular weight excluding hydrogens is 253 g/mol. The van der Waals surface area contributed by atoms with Gasteiger partial charge >= 0.3 is 0 Å². The van der Waals surface area contributed by atoms with Gasteiger partial charge < -0.3 is 10.7 Å². The smallest absolute Gasteiger partial charge is 0.251 e. The SMILES string of the molecule is Cc1cc(=O)[nH]c(Sc2ccc(F)cc2CN)n1. The highest BCUT2D eigenvalue weighted by molar-refractivity contribution is 7.99. The lowest BCUT2D eigenvalue weighted by atomic mass is 10.2. The molecule has 0 atom stereocenters. The minimum absolute atomic E-state index is 0.207. The molecule has 0 saturated carbocycles. The minimum atomic E-state index is -0.328. The summed E-state index contributed by atoms with van der Waals surface area (Å²) in [6.45, 7) is 1.98. The summed E-state index contributed by atoms with van der Waals surface area (Å²) in [5.41, 5.74) is 6.67. The third-order valence-corrected chi connectivity index (χ3v) is 3.30. The second kappa shape index (κ2) is 5.32. The topological polar surface area (TPSA) is 71.8 Å². The molecule has 0 unspecified atom stereocenters. The largest absolute Gasteiger partial charge is 0.326 e. The van der Waals surface area contributed by atoms with Crippen molar-refractivity contribution >= 4 is 11.8 Å². The summed E-state index contributed by atoms with van der Waals surface area (Å²) in [4.78, 5) is 18.9. The van der Waals surface area contributed by atoms with Crippen LogP contribution >= 0.6 is 11.8 Å². The van der Waals surface area contributed by atoms with Gasteiger partial charge in [0.1, 0.15) is 5.82 Å². The maximum absolute atomic E-state index is 13.1. The Hall–Kier alpha value is -1.66. The summed E-state index contributed by atoms with van der Waals surface area (Å²) >= 11 is 1.26. The number of benzene rings is 1. The lowest BCUT2D eigenvalue weighted by Gasteiger charge is -2.07. The van der Waals surface area contributed by atoms with Crippen LogP contribution in [0.1, 0.15) is 11.3 Å². The van der Waals surface area contributed by atoms with Gasteiger partial charge in [0.2, 0.25) is 0 Å². The number of aromatic nitrogens is 2. The Bertz CT molecular complexity index is 627. The molecule has 0 aliphatic rings. The highest BCUT2D eigenvalue weighted by Crippen LogP contribution is 2.27. The monoisotopic (exact) mass is 265 g/mol. The third-order valence-electron chi connectivity index (χ3n) is 2.30. The van der Waals surface area contributed by atoms with Gasteiger partial charge in [-0.25, -0.2) is 9.37 Å². The van der Waals surface area contributed by atoms with E-state index in [9.17, 15) is 9.18 Å². The molecule has 0 fully saturated rings. The van der Waals surface area contributed by atoms with Crippen LogP contribution in [0.15, 0.2) is 39.1 Å². The molecule has 1 aromatic heterocycles. The molecule has 2 aromatic rings. The first-order valence-corrected chi connectivity index (χ1v) is 6.14. The molecule has 0 saturated heterocycles. The molecule has 6 heteroatoms. The quantitative estimate of drug-likeness (QED) is 0.830. The van der Waals surface area contributed by atoms with E-state index in [0.29, 0.717) is 16.4 Å². The van der Waals surface area contributed by atoms with Gasteiger partial charge in [-0.05, 0) is 30.7 Å². The summed E-state index contributed by atoms with van der Waals surface area (Å²) in [7, 11) is 0. The van der Waals surface area contributed by atoms with Gasteiger partial charge in [0, 0.05) is 23.2 Å². The molecule has 0 amide bonds. The number of aryl methyl sites for hydroxylation is 1. The van der Waals surface area contributed by atoms with Crippen LogP contribution in [0.3, 0.4) is 0 Å². The summed E-state index contributed by atoms with van der Waals surface area (Å²) in [5.74, 6) is -0.328. The normalized spacial score (nSPS) is 10.6. The Morgan fingerprint density at radius 3 is 2.89 bits per heavy atom. The predicted molar refractivity (Wildman–Crippen MR) is 68.0 cm³/mol. The molecule has 0 aliphatic heterocycles. The summed E-state index contributed by atoms with van der Waals surface area (Å²) in [6, 6.07) is 5.79. The van der Waals surface area contributed by atoms with E-state index < -0.39 is 0 Å². The Kier molecular flexibility index (Phi) is 3.78. The van der Waals surface area contributed by atoms with Crippen LogP contribution in [0.2, 0.25) is 0 Å². The molecular formula is C12H12FN3OS. The molecule has 0 aliphatic carbocycles. The minimum Gasteiger partial charge on any atom is -0.326 e. The third kappa shape index (κ3) is 2.96. The van der Waals surface area contributed by atoms with Crippen molar-refractivity contribution < 1.29 is 4.39 Å². The Morgan fingerprint density at radius 1 is 1.44 bits per heavy atom. The van der Waals surface area contributed by atoms with Crippen LogP contribution in [0.5, 0.6) is 0 Å². The van der Waals surface area contributed by atoms with Crippen molar-refractivity contribution in [1.29, 1.82) is 0 Å². The van der Waals surface area contributed by atoms with Gasteiger partial charge in [-0.2, -0.15) is 0 Å². The van der Waals surface area contributed by atoms with Gasteiger partial charge in [-0.1, -0.05) is 11.8 Å². The maximum Gasteiger partial charge on any atom is 0.251 e. The molecule has 0 spiro atoms. The number of nitrogens with zero attached hydrogens (tertiary/aromatic N) is 1. The number of H-pyrrole nitrogens is 1. The van der Waals surface area contributed by atoms with Crippen LogP contribution < -0.4 is 11.3 Å². The van der Waals surface area contributed by atoms with Crippen LogP contribution in [0.4, 0.5) is 4.39 Å². The molecule has 4 nitrogen and oxygen atoms in total. The van der Waals surface area contributed by atoms with Crippen LogP contribution in [0.25, 0.3) is 0 Å². The van der Waals surface area contributed by atoms with Crippen LogP contribution in [-0.2, 0) is 6.54 Å². The standard InChI is InChI=1S/C12H12FN3OS/c1-7-4-11(17)16-12(15-7)18-10-3-2-9(13)5-8(10)6-14/h2-5H,6,14H2,1H3,(H,15,16,17). The Balaban J connectivity index is 2.36. The first-order valence-electron chi connectivity index (χ1n) is 5.33. The fraction of sp³-hybridized carbons (Fsp3) is 0.167. The average Bonchev–Trinajstić information content (AvgIpc) is 2.30. The number of nitrogens with one attached hydrogen (secondary N) is 1. The lowest BCUT2D eigenvalue weighted by molar-refractivity contribution is 0.623. The Morgan fingerprint density at radius 2 is 2.22 bits per heavy atom. The van der Waals surface area contributed by atoms with Crippen molar-refractivity contribution in [3.8, 4) is 0 Å². The zero-order valence-corrected chi connectivity index (χ0v) is 10.6. The van der Waals surface area contributed by atoms with Gasteiger partial charge in [-0.15, -0.1) is 0 Å². The summed E-state index contributed by atoms with van der Waals surface area (Å²) < 4.78 is 13.1. The number of rotatable bonds is 3. The summed E-state index contributed by atoms with van der Waals surface area (Å²) in [5, 5.41) is 0.473. The van der Waals surface area contributed by atoms with Crippen LogP contribution in [-0.4, -0.2) is 9.97 Å². The zero-order chi connectivity index (χ0) is 13.1. The van der Waals surface area contributed by atoms with E-state index in [0.717, 1.165) is 4.90 Å². The van der Waals surface area contributed by atoms with Crippen molar-refractivity contribution in [3.05, 3.63) is 51.7 Å². The number of hydrogen-bond donors (Lipinski definition) is 2. The second-order valence-corrected chi connectivity index (χ2v) is 4.78. The van der Waals surface area contributed by atoms with Crippen molar-refractivity contribution in [2.45, 2.75) is 23.5 Å². The highest BCUT2D eigenvalue weighted by Gasteiger charge is 2.07. The molecule has 3 N–H and O–H groups in total. The number of halogens is 1. The van der Waals surface area contributed by atoms with Crippen molar-refractivity contribution in [2.24, 2.45) is 5.73 Å². The molecule has 0 radical (unpaired) electrons. The van der Waals surface area contributed by atoms with E-state index >= 15 is 0 Å². The first kappa shape index (κ1) is 12.8. The molecule has 94 valence electrons. The molecule has 2 rings (SSSR count). The molecule has 0 bridgehead atoms. The van der Waals surface area contributed by atoms with E-state index in [1.165, 1.54) is 30.0 Å². The van der Waals surface area contributed by atoms with Gasteiger partial charge in [0.05, 0.1) is 0 Å². The van der Waals surface area contributed by atoms with Crippen molar-refractivity contribution in [1.82, 2.24) is 9.97 Å². The first-order chi connectivity index (χ1) is 8.58. The number of hydrogen-bond acceptors (Lipinski definition) is 4. The number of aromatic amines is 1. The Labute approximate surface area is 107 Å². The van der Waals surface area contributed by atoms with E-state index in [2.05, 4.69) is 9.97 Å². The molecule has 1 heterocycles. The van der Waals surface area contributed by atoms with E-state index in [1.54, 1.807) is 13.0 Å². The van der Waals surface area contributed by atoms with Crippen molar-refractivity contribution in [2.75, 3.05) is 0 Å². The van der Waals surface area contributed by atoms with E-state index in [1.807, 2.05) is 0 Å². The van der Waals surface area contributed by atoms with Gasteiger partial charge in [0.25, 0.3) is 5.56 Å². The average molecular weight is 265 g/mol. The molecule has 1 aromatic carbocycles. The lowest BCUT2D eigenvalue weighted by Crippen LogP contribution is -2.08. The number of nitrogens with two attached hydrogens (primary N) is 1. The van der Waals surface area contributed by atoms with E-state index in [-0.39, 0.29) is 17.9 Å². The summed E-state index contributed by atoms with van der Waals surface area (Å²) in [6.07, 6.45) is 0. The van der Waals surface area contributed by atoms with Crippen molar-refractivity contribution in [3.63, 3.8) is 0 Å². The maximum atomic E-state index is 13.1. The molecule has 18 heavy (non-hydrogen) atoms.